The standard InChI is InChI=1S/C27H31NO5/c1-13-15-8-16-20-26-11-18(33-23(31)14-6-4-3-5-7-14)22(30)24(2)12-28(20)17(19(24)26)10-25(16,21(13)29)27(26,32)9-15/h3-7,15-22,29-30,32H,1,8-12H2,2H3/t15-,16+,17-,18+,19+,20+,21+,22-,24+,25-,26+,27-/m0/s1. The van der Waals surface area contributed by atoms with Crippen molar-refractivity contribution in [3.8, 4) is 0 Å². The molecule has 6 heteroatoms. The number of ether oxygens (including phenoxy) is 1. The van der Waals surface area contributed by atoms with E-state index in [1.807, 2.05) is 6.07 Å². The summed E-state index contributed by atoms with van der Waals surface area (Å²) in [6.45, 7) is 7.14. The van der Waals surface area contributed by atoms with Gasteiger partial charge < -0.3 is 20.1 Å². The maximum atomic E-state index is 13.0. The van der Waals surface area contributed by atoms with Gasteiger partial charge in [-0.3, -0.25) is 4.90 Å². The minimum absolute atomic E-state index is 0.137. The topological polar surface area (TPSA) is 90.2 Å². The molecule has 9 fully saturated rings. The van der Waals surface area contributed by atoms with Crippen molar-refractivity contribution in [2.45, 2.75) is 68.6 Å². The zero-order valence-corrected chi connectivity index (χ0v) is 18.9. The largest absolute Gasteiger partial charge is 0.456 e. The van der Waals surface area contributed by atoms with Crippen LogP contribution in [0.15, 0.2) is 42.5 Å². The van der Waals surface area contributed by atoms with Gasteiger partial charge in [-0.15, -0.1) is 0 Å². The molecule has 6 saturated carbocycles. The van der Waals surface area contributed by atoms with Crippen molar-refractivity contribution in [3.63, 3.8) is 0 Å². The van der Waals surface area contributed by atoms with E-state index in [1.54, 1.807) is 24.3 Å². The zero-order valence-electron chi connectivity index (χ0n) is 18.9. The molecule has 3 saturated heterocycles. The van der Waals surface area contributed by atoms with E-state index >= 15 is 0 Å². The molecule has 0 amide bonds. The van der Waals surface area contributed by atoms with E-state index in [4.69, 9.17) is 4.74 Å². The summed E-state index contributed by atoms with van der Waals surface area (Å²) >= 11 is 0. The van der Waals surface area contributed by atoms with E-state index in [0.29, 0.717) is 18.4 Å². The second-order valence-electron chi connectivity index (χ2n) is 12.5. The molecule has 2 spiro atoms. The predicted octanol–water partition coefficient (Wildman–Crippen LogP) is 1.74. The lowest BCUT2D eigenvalue weighted by Crippen LogP contribution is -2.75. The molecule has 6 nitrogen and oxygen atoms in total. The maximum Gasteiger partial charge on any atom is 0.338 e. The highest BCUT2D eigenvalue weighted by atomic mass is 16.6. The van der Waals surface area contributed by atoms with Gasteiger partial charge in [-0.25, -0.2) is 4.79 Å². The SMILES string of the molecule is C=C1[C@H]2C[C@@H]3[C@H]4N5C[C@]6(C)[C@H]7[C@@H]5C[C@]3([C@@H]1O)[C@@](O)(C2)[C@]74C[C@@H](OC(=O)c1ccccc1)[C@@H]6O. The molecule has 13 atom stereocenters. The molecule has 10 rings (SSSR count). The molecule has 1 unspecified atom stereocenters. The summed E-state index contributed by atoms with van der Waals surface area (Å²) in [5.74, 6) is 0.0952. The first kappa shape index (κ1) is 19.6. The number of esters is 1. The van der Waals surface area contributed by atoms with E-state index in [1.165, 1.54) is 0 Å². The van der Waals surface area contributed by atoms with Gasteiger partial charge in [0.25, 0.3) is 0 Å². The van der Waals surface area contributed by atoms with Gasteiger partial charge in [0.15, 0.2) is 0 Å². The summed E-state index contributed by atoms with van der Waals surface area (Å²) in [7, 11) is 0. The number of aliphatic hydroxyl groups is 3. The Bertz CT molecular complexity index is 1120. The van der Waals surface area contributed by atoms with Crippen LogP contribution >= 0.6 is 0 Å². The van der Waals surface area contributed by atoms with E-state index < -0.39 is 46.1 Å². The Morgan fingerprint density at radius 3 is 2.67 bits per heavy atom. The molecule has 33 heavy (non-hydrogen) atoms. The molecule has 3 heterocycles. The van der Waals surface area contributed by atoms with Crippen LogP contribution in [0.4, 0.5) is 0 Å². The van der Waals surface area contributed by atoms with Crippen LogP contribution in [0.5, 0.6) is 0 Å². The lowest BCUT2D eigenvalue weighted by Gasteiger charge is -2.69. The Morgan fingerprint density at radius 2 is 1.91 bits per heavy atom. The van der Waals surface area contributed by atoms with Crippen molar-refractivity contribution in [1.82, 2.24) is 4.90 Å². The summed E-state index contributed by atoms with van der Waals surface area (Å²) in [5, 5.41) is 35.8. The van der Waals surface area contributed by atoms with Crippen LogP contribution in [0.3, 0.4) is 0 Å². The molecule has 1 aromatic rings. The van der Waals surface area contributed by atoms with Crippen LogP contribution < -0.4 is 0 Å². The van der Waals surface area contributed by atoms with Crippen LogP contribution in [0.25, 0.3) is 0 Å². The van der Waals surface area contributed by atoms with Gasteiger partial charge in [0.2, 0.25) is 0 Å². The fourth-order valence-corrected chi connectivity index (χ4v) is 11.3. The fourth-order valence-electron chi connectivity index (χ4n) is 11.3. The van der Waals surface area contributed by atoms with Crippen molar-refractivity contribution in [2.75, 3.05) is 6.54 Å². The predicted molar refractivity (Wildman–Crippen MR) is 118 cm³/mol. The van der Waals surface area contributed by atoms with E-state index in [2.05, 4.69) is 18.4 Å². The average Bonchev–Trinajstić information content (AvgIpc) is 3.21. The first-order valence-electron chi connectivity index (χ1n) is 12.5. The quantitative estimate of drug-likeness (QED) is 0.471. The van der Waals surface area contributed by atoms with Crippen molar-refractivity contribution in [1.29, 1.82) is 0 Å². The normalized spacial score (nSPS) is 60.5. The number of hydrogen-bond acceptors (Lipinski definition) is 6. The van der Waals surface area contributed by atoms with Gasteiger partial charge in [0, 0.05) is 34.9 Å². The summed E-state index contributed by atoms with van der Waals surface area (Å²) < 4.78 is 6.03. The summed E-state index contributed by atoms with van der Waals surface area (Å²) in [5.41, 5.74) is -1.11. The van der Waals surface area contributed by atoms with Crippen LogP contribution in [-0.2, 0) is 4.74 Å². The number of nitrogens with zero attached hydrogens (tertiary/aromatic N) is 1. The average molecular weight is 450 g/mol. The first-order valence-corrected chi connectivity index (χ1v) is 12.5. The number of carbonyl (C=O) groups is 1. The number of fused-ring (bicyclic) bond motifs is 1. The van der Waals surface area contributed by atoms with Gasteiger partial charge in [0.1, 0.15) is 6.10 Å². The van der Waals surface area contributed by atoms with Crippen molar-refractivity contribution >= 4 is 5.97 Å². The van der Waals surface area contributed by atoms with Crippen LogP contribution in [0.1, 0.15) is 43.0 Å². The molecule has 174 valence electrons. The van der Waals surface area contributed by atoms with Gasteiger partial charge >= 0.3 is 5.97 Å². The Hall–Kier alpha value is -1.73. The Morgan fingerprint density at radius 1 is 1.15 bits per heavy atom. The third-order valence-corrected chi connectivity index (χ3v) is 11.9. The highest BCUT2D eigenvalue weighted by molar-refractivity contribution is 5.89. The maximum absolute atomic E-state index is 13.0. The number of benzene rings is 1. The van der Waals surface area contributed by atoms with Crippen LogP contribution in [-0.4, -0.2) is 68.7 Å². The third-order valence-electron chi connectivity index (χ3n) is 11.9. The van der Waals surface area contributed by atoms with Crippen LogP contribution in [0, 0.1) is 34.0 Å². The van der Waals surface area contributed by atoms with Crippen LogP contribution in [0.2, 0.25) is 0 Å². The van der Waals surface area contributed by atoms with Crippen molar-refractivity contribution in [2.24, 2.45) is 34.0 Å². The fraction of sp³-hybridized carbons (Fsp3) is 0.667. The molecule has 3 N–H and O–H groups in total. The molecule has 0 aromatic heterocycles. The molecule has 3 aliphatic heterocycles. The lowest BCUT2D eigenvalue weighted by atomic mass is 9.37. The molecule has 1 aromatic carbocycles. The lowest BCUT2D eigenvalue weighted by molar-refractivity contribution is -0.288. The van der Waals surface area contributed by atoms with Gasteiger partial charge in [-0.1, -0.05) is 31.7 Å². The van der Waals surface area contributed by atoms with Crippen molar-refractivity contribution < 1.29 is 24.9 Å². The molecule has 9 aliphatic rings. The monoisotopic (exact) mass is 449 g/mol. The second kappa shape index (κ2) is 5.40. The number of aliphatic hydroxyl groups excluding tert-OH is 2. The Kier molecular flexibility index (Phi) is 3.20. The molecule has 6 aliphatic carbocycles. The third kappa shape index (κ3) is 1.67. The Balaban J connectivity index is 1.27. The Labute approximate surface area is 193 Å². The number of carbonyl (C=O) groups excluding carboxylic acids is 1. The van der Waals surface area contributed by atoms with E-state index in [0.717, 1.165) is 25.0 Å². The summed E-state index contributed by atoms with van der Waals surface area (Å²) in [6, 6.07) is 9.37. The number of hydrogen-bond donors (Lipinski definition) is 3. The zero-order chi connectivity index (χ0) is 22.7. The van der Waals surface area contributed by atoms with Crippen molar-refractivity contribution in [3.05, 3.63) is 48.0 Å². The van der Waals surface area contributed by atoms with E-state index in [9.17, 15) is 20.1 Å². The molecular weight excluding hydrogens is 418 g/mol. The van der Waals surface area contributed by atoms with Gasteiger partial charge in [-0.05, 0) is 61.1 Å². The minimum Gasteiger partial charge on any atom is -0.456 e. The first-order chi connectivity index (χ1) is 15.7. The van der Waals surface area contributed by atoms with Gasteiger partial charge in [0.05, 0.1) is 23.4 Å². The summed E-state index contributed by atoms with van der Waals surface area (Å²) in [6.07, 6.45) is 0.747. The van der Waals surface area contributed by atoms with E-state index in [-0.39, 0.29) is 29.8 Å². The molecule has 9 bridgehead atoms. The molecule has 0 radical (unpaired) electrons. The molecular formula is C27H31NO5. The number of rotatable bonds is 2. The smallest absolute Gasteiger partial charge is 0.338 e. The summed E-state index contributed by atoms with van der Waals surface area (Å²) in [4.78, 5) is 15.6. The number of piperidine rings is 2. The highest BCUT2D eigenvalue weighted by Crippen LogP contribution is 2.88. The second-order valence-corrected chi connectivity index (χ2v) is 12.5. The van der Waals surface area contributed by atoms with Gasteiger partial charge in [-0.2, -0.15) is 0 Å². The highest BCUT2D eigenvalue weighted by Gasteiger charge is 2.94. The minimum atomic E-state index is -1.02.